The van der Waals surface area contributed by atoms with E-state index in [9.17, 15) is 9.90 Å². The van der Waals surface area contributed by atoms with Gasteiger partial charge in [-0.25, -0.2) is 0 Å². The molecular formula is C15H25NO2. The van der Waals surface area contributed by atoms with E-state index in [1.165, 1.54) is 0 Å². The van der Waals surface area contributed by atoms with Gasteiger partial charge in [0.25, 0.3) is 0 Å². The van der Waals surface area contributed by atoms with E-state index in [4.69, 9.17) is 0 Å². The van der Waals surface area contributed by atoms with E-state index in [1.54, 1.807) is 0 Å². The number of ketones is 1. The maximum Gasteiger partial charge on any atom is 0.141 e. The fourth-order valence-electron chi connectivity index (χ4n) is 5.43. The lowest BCUT2D eigenvalue weighted by Crippen LogP contribution is -2.70. The van der Waals surface area contributed by atoms with Gasteiger partial charge in [-0.2, -0.15) is 0 Å². The number of likely N-dealkylation sites (N-methyl/N-ethyl adjacent to an activating group) is 1. The van der Waals surface area contributed by atoms with Crippen LogP contribution in [0.3, 0.4) is 0 Å². The second-order valence-corrected chi connectivity index (χ2v) is 6.82. The summed E-state index contributed by atoms with van der Waals surface area (Å²) in [5.74, 6) is 0.968. The third-order valence-corrected chi connectivity index (χ3v) is 6.05. The SMILES string of the molecule is CCN1C[C@]2(O)CCC(=O)[C@]3(C(C)C)[C@@H]2CC[C@@H]13. The van der Waals surface area contributed by atoms with Crippen molar-refractivity contribution in [3.8, 4) is 0 Å². The van der Waals surface area contributed by atoms with Gasteiger partial charge < -0.3 is 5.11 Å². The first-order valence-electron chi connectivity index (χ1n) is 7.46. The zero-order valence-corrected chi connectivity index (χ0v) is 11.8. The summed E-state index contributed by atoms with van der Waals surface area (Å²) in [6, 6.07) is 0.376. The predicted octanol–water partition coefficient (Wildman–Crippen LogP) is 1.84. The zero-order valence-electron chi connectivity index (χ0n) is 11.8. The lowest BCUT2D eigenvalue weighted by molar-refractivity contribution is -0.191. The molecule has 1 aliphatic heterocycles. The minimum absolute atomic E-state index is 0.207. The normalized spacial score (nSPS) is 47.9. The Bertz CT molecular complexity index is 381. The summed E-state index contributed by atoms with van der Waals surface area (Å²) in [6.45, 7) is 8.22. The summed E-state index contributed by atoms with van der Waals surface area (Å²) < 4.78 is 0. The molecule has 3 heteroatoms. The van der Waals surface area contributed by atoms with Crippen LogP contribution >= 0.6 is 0 Å². The number of carbonyl (C=O) groups excluding carboxylic acids is 1. The molecule has 3 aliphatic rings. The van der Waals surface area contributed by atoms with Gasteiger partial charge >= 0.3 is 0 Å². The summed E-state index contributed by atoms with van der Waals surface area (Å²) >= 11 is 0. The molecule has 3 nitrogen and oxygen atoms in total. The van der Waals surface area contributed by atoms with Crippen molar-refractivity contribution in [3.63, 3.8) is 0 Å². The second kappa shape index (κ2) is 3.80. The third-order valence-electron chi connectivity index (χ3n) is 6.05. The Morgan fingerprint density at radius 3 is 2.78 bits per heavy atom. The molecule has 3 rings (SSSR count). The molecule has 0 amide bonds. The number of aliphatic hydroxyl groups is 1. The summed E-state index contributed by atoms with van der Waals surface area (Å²) in [6.07, 6.45) is 3.37. The lowest BCUT2D eigenvalue weighted by atomic mass is 9.52. The summed E-state index contributed by atoms with van der Waals surface area (Å²) in [5.41, 5.74) is -0.873. The summed E-state index contributed by atoms with van der Waals surface area (Å²) in [7, 11) is 0. The van der Waals surface area contributed by atoms with Crippen molar-refractivity contribution in [3.05, 3.63) is 0 Å². The first kappa shape index (κ1) is 12.6. The molecule has 0 radical (unpaired) electrons. The van der Waals surface area contributed by atoms with Crippen molar-refractivity contribution in [1.82, 2.24) is 4.90 Å². The molecule has 4 bridgehead atoms. The number of likely N-dealkylation sites (tertiary alicyclic amines) is 1. The van der Waals surface area contributed by atoms with E-state index in [0.717, 1.165) is 25.9 Å². The quantitative estimate of drug-likeness (QED) is 0.814. The molecule has 1 saturated heterocycles. The number of hydrogen-bond acceptors (Lipinski definition) is 3. The maximum atomic E-state index is 12.7. The highest BCUT2D eigenvalue weighted by atomic mass is 16.3. The van der Waals surface area contributed by atoms with Crippen molar-refractivity contribution < 1.29 is 9.90 Å². The molecule has 1 heterocycles. The van der Waals surface area contributed by atoms with Gasteiger partial charge in [0.1, 0.15) is 5.78 Å². The molecule has 0 aromatic carbocycles. The molecule has 1 N–H and O–H groups in total. The summed E-state index contributed by atoms with van der Waals surface area (Å²) in [4.78, 5) is 15.1. The lowest BCUT2D eigenvalue weighted by Gasteiger charge is -2.59. The molecule has 0 spiro atoms. The van der Waals surface area contributed by atoms with Crippen LogP contribution in [0.5, 0.6) is 0 Å². The highest BCUT2D eigenvalue weighted by Crippen LogP contribution is 2.62. The second-order valence-electron chi connectivity index (χ2n) is 6.82. The van der Waals surface area contributed by atoms with Crippen LogP contribution in [-0.4, -0.2) is 40.5 Å². The molecule has 4 atom stereocenters. The van der Waals surface area contributed by atoms with E-state index in [1.807, 2.05) is 0 Å². The van der Waals surface area contributed by atoms with Gasteiger partial charge in [0.15, 0.2) is 0 Å². The molecule has 2 saturated carbocycles. The van der Waals surface area contributed by atoms with Crippen LogP contribution in [0, 0.1) is 17.3 Å². The molecule has 0 unspecified atom stereocenters. The zero-order chi connectivity index (χ0) is 13.1. The van der Waals surface area contributed by atoms with Gasteiger partial charge in [-0.3, -0.25) is 9.69 Å². The number of hydrogen-bond donors (Lipinski definition) is 1. The van der Waals surface area contributed by atoms with Crippen LogP contribution < -0.4 is 0 Å². The van der Waals surface area contributed by atoms with Crippen LogP contribution in [0.15, 0.2) is 0 Å². The van der Waals surface area contributed by atoms with Gasteiger partial charge in [-0.05, 0) is 31.7 Å². The van der Waals surface area contributed by atoms with E-state index < -0.39 is 5.60 Å². The van der Waals surface area contributed by atoms with E-state index >= 15 is 0 Å². The Morgan fingerprint density at radius 2 is 2.17 bits per heavy atom. The van der Waals surface area contributed by atoms with Gasteiger partial charge in [-0.15, -0.1) is 0 Å². The molecule has 18 heavy (non-hydrogen) atoms. The number of β-amino-alcohol motifs (C(OH)–C–C–N with tert-alkyl or cyclic N) is 1. The third kappa shape index (κ3) is 1.25. The smallest absolute Gasteiger partial charge is 0.141 e. The fraction of sp³-hybridized carbons (Fsp3) is 0.933. The number of Topliss-reactive ketones (excluding diaryl/α,β-unsaturated/α-hetero) is 1. The van der Waals surface area contributed by atoms with E-state index in [-0.39, 0.29) is 11.3 Å². The average Bonchev–Trinajstić information content (AvgIpc) is 2.67. The van der Waals surface area contributed by atoms with Gasteiger partial charge in [-0.1, -0.05) is 20.8 Å². The van der Waals surface area contributed by atoms with E-state index in [2.05, 4.69) is 25.7 Å². The average molecular weight is 251 g/mol. The molecule has 0 aromatic rings. The van der Waals surface area contributed by atoms with Crippen molar-refractivity contribution in [2.75, 3.05) is 13.1 Å². The van der Waals surface area contributed by atoms with Crippen molar-refractivity contribution in [1.29, 1.82) is 0 Å². The van der Waals surface area contributed by atoms with Crippen molar-refractivity contribution in [2.45, 2.75) is 58.1 Å². The first-order chi connectivity index (χ1) is 8.46. The number of piperidine rings is 1. The monoisotopic (exact) mass is 251 g/mol. The Hall–Kier alpha value is -0.410. The van der Waals surface area contributed by atoms with Gasteiger partial charge in [0, 0.05) is 24.9 Å². The molecule has 102 valence electrons. The number of nitrogens with zero attached hydrogens (tertiary/aromatic N) is 1. The topological polar surface area (TPSA) is 40.5 Å². The van der Waals surface area contributed by atoms with Crippen LogP contribution in [0.25, 0.3) is 0 Å². The Morgan fingerprint density at radius 1 is 1.44 bits per heavy atom. The van der Waals surface area contributed by atoms with Crippen LogP contribution in [0.4, 0.5) is 0 Å². The molecule has 3 fully saturated rings. The Labute approximate surface area is 110 Å². The largest absolute Gasteiger partial charge is 0.388 e. The highest BCUT2D eigenvalue weighted by molar-refractivity contribution is 5.88. The van der Waals surface area contributed by atoms with Crippen LogP contribution in [0.1, 0.15) is 46.5 Å². The van der Waals surface area contributed by atoms with Crippen LogP contribution in [-0.2, 0) is 4.79 Å². The number of carbonyl (C=O) groups is 1. The molecule has 0 aromatic heterocycles. The van der Waals surface area contributed by atoms with E-state index in [0.29, 0.717) is 30.6 Å². The highest BCUT2D eigenvalue weighted by Gasteiger charge is 2.69. The minimum Gasteiger partial charge on any atom is -0.388 e. The first-order valence-corrected chi connectivity index (χ1v) is 7.46. The van der Waals surface area contributed by atoms with Gasteiger partial charge in [0.05, 0.1) is 11.0 Å². The predicted molar refractivity (Wildman–Crippen MR) is 70.2 cm³/mol. The number of rotatable bonds is 2. The Balaban J connectivity index is 2.14. The fourth-order valence-corrected chi connectivity index (χ4v) is 5.43. The maximum absolute atomic E-state index is 12.7. The molecule has 2 aliphatic carbocycles. The Kier molecular flexibility index (Phi) is 2.66. The van der Waals surface area contributed by atoms with Crippen LogP contribution in [0.2, 0.25) is 0 Å². The minimum atomic E-state index is -0.610. The summed E-state index contributed by atoms with van der Waals surface area (Å²) in [5, 5.41) is 11.0. The van der Waals surface area contributed by atoms with Crippen molar-refractivity contribution in [2.24, 2.45) is 17.3 Å². The van der Waals surface area contributed by atoms with Crippen molar-refractivity contribution >= 4 is 5.78 Å². The molecular weight excluding hydrogens is 226 g/mol. The standard InChI is InChI=1S/C15H25NO2/c1-4-16-9-14(18)8-7-13(17)15(10(2)3)11(14)5-6-12(15)16/h10-12,18H,4-9H2,1-3H3/t11-,12-,14-,15-/m1/s1. The van der Waals surface area contributed by atoms with Gasteiger partial charge in [0.2, 0.25) is 0 Å².